The average Bonchev–Trinajstić information content (AvgIpc) is 2.80. The number of anilines is 1. The van der Waals surface area contributed by atoms with Gasteiger partial charge in [0.1, 0.15) is 12.4 Å². The van der Waals surface area contributed by atoms with E-state index in [4.69, 9.17) is 9.47 Å². The Morgan fingerprint density at radius 1 is 1.29 bits per heavy atom. The molecule has 0 spiro atoms. The number of benzene rings is 1. The van der Waals surface area contributed by atoms with Crippen LogP contribution in [0.25, 0.3) is 0 Å². The lowest BCUT2D eigenvalue weighted by Crippen LogP contribution is -2.10. The van der Waals surface area contributed by atoms with Gasteiger partial charge in [0.25, 0.3) is 5.91 Å². The normalized spacial score (nSPS) is 10.4. The Morgan fingerprint density at radius 3 is 2.76 bits per heavy atom. The number of halogens is 2. The van der Waals surface area contributed by atoms with Gasteiger partial charge in [-0.25, -0.2) is 0 Å². The Bertz CT molecular complexity index is 611. The largest absolute Gasteiger partial charge is 0.491 e. The van der Waals surface area contributed by atoms with Crippen LogP contribution < -0.4 is 10.1 Å². The molecule has 21 heavy (non-hydrogen) atoms. The second-order valence-corrected chi connectivity index (χ2v) is 7.28. The summed E-state index contributed by atoms with van der Waals surface area (Å²) >= 11 is 8.12. The van der Waals surface area contributed by atoms with Gasteiger partial charge in [-0.05, 0) is 50.1 Å². The number of amides is 1. The summed E-state index contributed by atoms with van der Waals surface area (Å²) in [4.78, 5) is 12.8. The van der Waals surface area contributed by atoms with E-state index in [1.165, 1.54) is 11.3 Å². The molecule has 1 heterocycles. The van der Waals surface area contributed by atoms with Gasteiger partial charge in [-0.2, -0.15) is 0 Å². The smallest absolute Gasteiger partial charge is 0.265 e. The van der Waals surface area contributed by atoms with Crippen molar-refractivity contribution in [1.29, 1.82) is 0 Å². The quantitative estimate of drug-likeness (QED) is 0.678. The zero-order valence-corrected chi connectivity index (χ0v) is 15.2. The molecule has 0 radical (unpaired) electrons. The molecule has 7 heteroatoms. The van der Waals surface area contributed by atoms with E-state index in [-0.39, 0.29) is 5.91 Å². The summed E-state index contributed by atoms with van der Waals surface area (Å²) in [5.74, 6) is 0.541. The van der Waals surface area contributed by atoms with E-state index < -0.39 is 0 Å². The van der Waals surface area contributed by atoms with Gasteiger partial charge in [-0.15, -0.1) is 11.3 Å². The van der Waals surface area contributed by atoms with E-state index in [1.807, 2.05) is 18.2 Å². The molecule has 0 fully saturated rings. The van der Waals surface area contributed by atoms with Gasteiger partial charge < -0.3 is 14.8 Å². The van der Waals surface area contributed by atoms with Crippen molar-refractivity contribution in [3.8, 4) is 5.75 Å². The Balaban J connectivity index is 2.02. The second kappa shape index (κ2) is 7.93. The number of thiophene rings is 1. The molecule has 0 bridgehead atoms. The molecular weight excluding hydrogens is 422 g/mol. The van der Waals surface area contributed by atoms with Gasteiger partial charge >= 0.3 is 0 Å². The number of hydrogen-bond donors (Lipinski definition) is 1. The lowest BCUT2D eigenvalue weighted by Gasteiger charge is -2.08. The third kappa shape index (κ3) is 4.81. The van der Waals surface area contributed by atoms with Crippen molar-refractivity contribution in [1.82, 2.24) is 0 Å². The molecule has 0 aliphatic carbocycles. The minimum atomic E-state index is -0.152. The predicted octanol–water partition coefficient (Wildman–Crippen LogP) is 4.55. The van der Waals surface area contributed by atoms with Gasteiger partial charge in [0.05, 0.1) is 15.3 Å². The van der Waals surface area contributed by atoms with Crippen molar-refractivity contribution in [2.45, 2.75) is 0 Å². The maximum atomic E-state index is 12.1. The zero-order valence-electron chi connectivity index (χ0n) is 11.2. The monoisotopic (exact) mass is 433 g/mol. The highest BCUT2D eigenvalue weighted by Crippen LogP contribution is 2.32. The van der Waals surface area contributed by atoms with Gasteiger partial charge in [-0.1, -0.05) is 6.07 Å². The molecule has 1 aromatic heterocycles. The van der Waals surface area contributed by atoms with Crippen LogP contribution in [0.15, 0.2) is 38.6 Å². The fraction of sp³-hybridized carbons (Fsp3) is 0.214. The van der Waals surface area contributed by atoms with Crippen LogP contribution in [0.3, 0.4) is 0 Å². The summed E-state index contributed by atoms with van der Waals surface area (Å²) in [6.45, 7) is 0.993. The number of rotatable bonds is 6. The first-order valence-electron chi connectivity index (χ1n) is 6.08. The highest BCUT2D eigenvalue weighted by Gasteiger charge is 2.12. The highest BCUT2D eigenvalue weighted by molar-refractivity contribution is 9.13. The van der Waals surface area contributed by atoms with E-state index in [0.717, 1.165) is 8.26 Å². The first-order valence-corrected chi connectivity index (χ1v) is 8.48. The lowest BCUT2D eigenvalue weighted by atomic mass is 10.3. The summed E-state index contributed by atoms with van der Waals surface area (Å²) < 4.78 is 12.2. The summed E-state index contributed by atoms with van der Waals surface area (Å²) in [6.07, 6.45) is 0. The fourth-order valence-corrected chi connectivity index (χ4v) is 3.49. The second-order valence-electron chi connectivity index (χ2n) is 4.06. The summed E-state index contributed by atoms with van der Waals surface area (Å²) in [5, 5.41) is 2.85. The molecule has 4 nitrogen and oxygen atoms in total. The van der Waals surface area contributed by atoms with Crippen LogP contribution >= 0.6 is 43.2 Å². The van der Waals surface area contributed by atoms with E-state index in [1.54, 1.807) is 19.2 Å². The molecule has 0 saturated heterocycles. The Morgan fingerprint density at radius 2 is 2.10 bits per heavy atom. The first kappa shape index (κ1) is 16.5. The van der Waals surface area contributed by atoms with E-state index in [0.29, 0.717) is 29.5 Å². The molecule has 1 aromatic carbocycles. The summed E-state index contributed by atoms with van der Waals surface area (Å²) in [5.41, 5.74) is 0.690. The standard InChI is InChI=1S/C14H13Br2NO3S/c1-19-5-6-20-10-4-2-3-9(7-10)17-14(18)12-8-11(15)13(16)21-12/h2-4,7-8H,5-6H2,1H3,(H,17,18). The van der Waals surface area contributed by atoms with E-state index >= 15 is 0 Å². The van der Waals surface area contributed by atoms with Gasteiger partial charge in [0, 0.05) is 23.3 Å². The fourth-order valence-electron chi connectivity index (χ4n) is 1.56. The first-order chi connectivity index (χ1) is 10.1. The summed E-state index contributed by atoms with van der Waals surface area (Å²) in [6, 6.07) is 9.05. The highest BCUT2D eigenvalue weighted by atomic mass is 79.9. The molecule has 0 saturated carbocycles. The van der Waals surface area contributed by atoms with Gasteiger partial charge in [0.2, 0.25) is 0 Å². The maximum absolute atomic E-state index is 12.1. The van der Waals surface area contributed by atoms with Gasteiger partial charge in [0.15, 0.2) is 0 Å². The van der Waals surface area contributed by atoms with E-state index in [9.17, 15) is 4.79 Å². The van der Waals surface area contributed by atoms with Gasteiger partial charge in [-0.3, -0.25) is 4.79 Å². The third-order valence-electron chi connectivity index (χ3n) is 2.52. The molecule has 112 valence electrons. The zero-order chi connectivity index (χ0) is 15.2. The average molecular weight is 435 g/mol. The number of ether oxygens (including phenoxy) is 2. The van der Waals surface area contributed by atoms with Crippen LogP contribution in [0, 0.1) is 0 Å². The van der Waals surface area contributed by atoms with Crippen LogP contribution in [-0.4, -0.2) is 26.2 Å². The molecule has 1 amide bonds. The minimum Gasteiger partial charge on any atom is -0.491 e. The Hall–Kier alpha value is -0.890. The van der Waals surface area contributed by atoms with Crippen LogP contribution in [0.1, 0.15) is 9.67 Å². The molecule has 2 aromatic rings. The summed E-state index contributed by atoms with van der Waals surface area (Å²) in [7, 11) is 1.62. The van der Waals surface area contributed by atoms with E-state index in [2.05, 4.69) is 37.2 Å². The molecule has 2 rings (SSSR count). The number of methoxy groups -OCH3 is 1. The van der Waals surface area contributed by atoms with Crippen LogP contribution in [-0.2, 0) is 4.74 Å². The molecule has 0 atom stereocenters. The van der Waals surface area contributed by atoms with Crippen LogP contribution in [0.2, 0.25) is 0 Å². The molecule has 1 N–H and O–H groups in total. The number of carbonyl (C=O) groups is 1. The molecule has 0 aliphatic heterocycles. The SMILES string of the molecule is COCCOc1cccc(NC(=O)c2cc(Br)c(Br)s2)c1. The van der Waals surface area contributed by atoms with Crippen molar-refractivity contribution in [3.63, 3.8) is 0 Å². The van der Waals surface area contributed by atoms with Crippen molar-refractivity contribution in [2.75, 3.05) is 25.6 Å². The molecule has 0 aliphatic rings. The lowest BCUT2D eigenvalue weighted by molar-refractivity contribution is 0.103. The van der Waals surface area contributed by atoms with Crippen molar-refractivity contribution in [2.24, 2.45) is 0 Å². The Kier molecular flexibility index (Phi) is 6.22. The Labute approximate surface area is 143 Å². The van der Waals surface area contributed by atoms with Crippen LogP contribution in [0.5, 0.6) is 5.75 Å². The van der Waals surface area contributed by atoms with Crippen LogP contribution in [0.4, 0.5) is 5.69 Å². The van der Waals surface area contributed by atoms with Crippen molar-refractivity contribution in [3.05, 3.63) is 43.5 Å². The van der Waals surface area contributed by atoms with Crippen molar-refractivity contribution >= 4 is 54.8 Å². The third-order valence-corrected chi connectivity index (χ3v) is 5.77. The number of hydrogen-bond acceptors (Lipinski definition) is 4. The number of nitrogens with one attached hydrogen (secondary N) is 1. The number of carbonyl (C=O) groups excluding carboxylic acids is 1. The predicted molar refractivity (Wildman–Crippen MR) is 91.5 cm³/mol. The molecule has 0 unspecified atom stereocenters. The van der Waals surface area contributed by atoms with Crippen molar-refractivity contribution < 1.29 is 14.3 Å². The molecular formula is C14H13Br2NO3S. The minimum absolute atomic E-state index is 0.152. The topological polar surface area (TPSA) is 47.6 Å². The maximum Gasteiger partial charge on any atom is 0.265 e.